The van der Waals surface area contributed by atoms with Gasteiger partial charge in [0.1, 0.15) is 5.75 Å². The number of carbonyl (C=O) groups excluding carboxylic acids is 1. The van der Waals surface area contributed by atoms with E-state index in [0.29, 0.717) is 19.5 Å². The first-order valence-electron chi connectivity index (χ1n) is 7.85. The summed E-state index contributed by atoms with van der Waals surface area (Å²) in [6.07, 6.45) is 0.314. The number of amides is 1. The molecule has 0 aromatic heterocycles. The standard InChI is InChI=1S/C19H24N2O2/c1-3-21(14-15-9-11-17(23-2)12-10-15)19(22)13-18(20)16-7-5-4-6-8-16/h4-12,18H,3,13-14,20H2,1-2H3. The smallest absolute Gasteiger partial charge is 0.224 e. The number of benzene rings is 2. The molecule has 2 rings (SSSR count). The predicted octanol–water partition coefficient (Wildman–Crippen LogP) is 3.13. The maximum Gasteiger partial charge on any atom is 0.224 e. The van der Waals surface area contributed by atoms with Gasteiger partial charge in [0.2, 0.25) is 5.91 Å². The highest BCUT2D eigenvalue weighted by atomic mass is 16.5. The van der Waals surface area contributed by atoms with E-state index in [1.165, 1.54) is 0 Å². The summed E-state index contributed by atoms with van der Waals surface area (Å²) in [7, 11) is 1.64. The molecule has 0 bridgehead atoms. The lowest BCUT2D eigenvalue weighted by Gasteiger charge is -2.23. The molecule has 0 spiro atoms. The van der Waals surface area contributed by atoms with Crippen LogP contribution in [0.3, 0.4) is 0 Å². The topological polar surface area (TPSA) is 55.6 Å². The van der Waals surface area contributed by atoms with Crippen LogP contribution >= 0.6 is 0 Å². The number of hydrogen-bond acceptors (Lipinski definition) is 3. The van der Waals surface area contributed by atoms with Crippen LogP contribution in [0.15, 0.2) is 54.6 Å². The van der Waals surface area contributed by atoms with E-state index in [2.05, 4.69) is 0 Å². The van der Waals surface area contributed by atoms with Gasteiger partial charge in [-0.25, -0.2) is 0 Å². The largest absolute Gasteiger partial charge is 0.497 e. The number of methoxy groups -OCH3 is 1. The van der Waals surface area contributed by atoms with Crippen molar-refractivity contribution in [2.75, 3.05) is 13.7 Å². The zero-order valence-electron chi connectivity index (χ0n) is 13.7. The summed E-state index contributed by atoms with van der Waals surface area (Å²) in [4.78, 5) is 14.3. The van der Waals surface area contributed by atoms with Crippen molar-refractivity contribution < 1.29 is 9.53 Å². The van der Waals surface area contributed by atoms with Crippen LogP contribution in [0, 0.1) is 0 Å². The summed E-state index contributed by atoms with van der Waals surface area (Å²) in [5, 5.41) is 0. The van der Waals surface area contributed by atoms with Crippen molar-refractivity contribution in [1.29, 1.82) is 0 Å². The molecule has 1 amide bonds. The lowest BCUT2D eigenvalue weighted by molar-refractivity contribution is -0.132. The van der Waals surface area contributed by atoms with E-state index in [1.807, 2.05) is 66.4 Å². The van der Waals surface area contributed by atoms with Crippen LogP contribution < -0.4 is 10.5 Å². The van der Waals surface area contributed by atoms with Crippen LogP contribution in [0.5, 0.6) is 5.75 Å². The number of nitrogens with two attached hydrogens (primary N) is 1. The number of nitrogens with zero attached hydrogens (tertiary/aromatic N) is 1. The predicted molar refractivity (Wildman–Crippen MR) is 92.1 cm³/mol. The summed E-state index contributed by atoms with van der Waals surface area (Å²) in [6, 6.07) is 17.2. The van der Waals surface area contributed by atoms with Crippen LogP contribution in [-0.2, 0) is 11.3 Å². The lowest BCUT2D eigenvalue weighted by Crippen LogP contribution is -2.32. The van der Waals surface area contributed by atoms with Gasteiger partial charge in [-0.2, -0.15) is 0 Å². The summed E-state index contributed by atoms with van der Waals surface area (Å²) in [5.41, 5.74) is 8.22. The maximum atomic E-state index is 12.5. The SMILES string of the molecule is CCN(Cc1ccc(OC)cc1)C(=O)CC(N)c1ccccc1. The third-order valence-electron chi connectivity index (χ3n) is 3.89. The quantitative estimate of drug-likeness (QED) is 0.854. The average Bonchev–Trinajstić information content (AvgIpc) is 2.60. The second-order valence-electron chi connectivity index (χ2n) is 5.48. The van der Waals surface area contributed by atoms with Crippen LogP contribution in [0.1, 0.15) is 30.5 Å². The molecular formula is C19H24N2O2. The van der Waals surface area contributed by atoms with Crippen LogP contribution in [0.25, 0.3) is 0 Å². The van der Waals surface area contributed by atoms with Gasteiger partial charge < -0.3 is 15.4 Å². The molecule has 122 valence electrons. The van der Waals surface area contributed by atoms with Crippen molar-refractivity contribution in [1.82, 2.24) is 4.90 Å². The Morgan fingerprint density at radius 1 is 1.13 bits per heavy atom. The number of ether oxygens (including phenoxy) is 1. The normalized spacial score (nSPS) is 11.8. The van der Waals surface area contributed by atoms with Gasteiger partial charge in [-0.05, 0) is 30.2 Å². The third kappa shape index (κ3) is 4.83. The fraction of sp³-hybridized carbons (Fsp3) is 0.316. The molecule has 2 N–H and O–H groups in total. The monoisotopic (exact) mass is 312 g/mol. The van der Waals surface area contributed by atoms with E-state index in [0.717, 1.165) is 16.9 Å². The Hall–Kier alpha value is -2.33. The molecule has 23 heavy (non-hydrogen) atoms. The summed E-state index contributed by atoms with van der Waals surface area (Å²) in [6.45, 7) is 3.22. The van der Waals surface area contributed by atoms with E-state index in [-0.39, 0.29) is 11.9 Å². The Kier molecular flexibility index (Phi) is 6.18. The molecule has 0 fully saturated rings. The fourth-order valence-corrected chi connectivity index (χ4v) is 2.46. The molecule has 0 aliphatic heterocycles. The highest BCUT2D eigenvalue weighted by Crippen LogP contribution is 2.17. The molecule has 2 aromatic rings. The van der Waals surface area contributed by atoms with Gasteiger partial charge in [0, 0.05) is 25.6 Å². The third-order valence-corrected chi connectivity index (χ3v) is 3.89. The molecule has 0 saturated carbocycles. The molecule has 2 aromatic carbocycles. The number of rotatable bonds is 7. The van der Waals surface area contributed by atoms with Crippen molar-refractivity contribution in [3.05, 3.63) is 65.7 Å². The van der Waals surface area contributed by atoms with Crippen LogP contribution in [0.2, 0.25) is 0 Å². The second-order valence-corrected chi connectivity index (χ2v) is 5.48. The first-order valence-corrected chi connectivity index (χ1v) is 7.85. The summed E-state index contributed by atoms with van der Waals surface area (Å²) < 4.78 is 5.15. The van der Waals surface area contributed by atoms with Gasteiger partial charge in [-0.15, -0.1) is 0 Å². The Labute approximate surface area is 137 Å². The Bertz CT molecular complexity index is 611. The molecular weight excluding hydrogens is 288 g/mol. The van der Waals surface area contributed by atoms with E-state index in [9.17, 15) is 4.79 Å². The minimum absolute atomic E-state index is 0.0691. The number of hydrogen-bond donors (Lipinski definition) is 1. The fourth-order valence-electron chi connectivity index (χ4n) is 2.46. The molecule has 4 nitrogen and oxygen atoms in total. The van der Waals surface area contributed by atoms with Gasteiger partial charge >= 0.3 is 0 Å². The van der Waals surface area contributed by atoms with Crippen molar-refractivity contribution in [2.24, 2.45) is 5.73 Å². The minimum atomic E-state index is -0.270. The van der Waals surface area contributed by atoms with Crippen molar-refractivity contribution in [2.45, 2.75) is 25.9 Å². The highest BCUT2D eigenvalue weighted by molar-refractivity contribution is 5.77. The molecule has 0 heterocycles. The van der Waals surface area contributed by atoms with E-state index in [1.54, 1.807) is 7.11 Å². The molecule has 0 aliphatic rings. The van der Waals surface area contributed by atoms with Gasteiger partial charge in [-0.1, -0.05) is 42.5 Å². The van der Waals surface area contributed by atoms with Gasteiger partial charge in [0.05, 0.1) is 7.11 Å². The highest BCUT2D eigenvalue weighted by Gasteiger charge is 2.17. The van der Waals surface area contributed by atoms with Crippen LogP contribution in [-0.4, -0.2) is 24.5 Å². The average molecular weight is 312 g/mol. The zero-order valence-corrected chi connectivity index (χ0v) is 13.7. The summed E-state index contributed by atoms with van der Waals surface area (Å²) >= 11 is 0. The second kappa shape index (κ2) is 8.34. The maximum absolute atomic E-state index is 12.5. The first kappa shape index (κ1) is 17.0. The Balaban J connectivity index is 1.97. The minimum Gasteiger partial charge on any atom is -0.497 e. The lowest BCUT2D eigenvalue weighted by atomic mass is 10.0. The Morgan fingerprint density at radius 2 is 1.78 bits per heavy atom. The van der Waals surface area contributed by atoms with E-state index >= 15 is 0 Å². The van der Waals surface area contributed by atoms with Gasteiger partial charge in [0.25, 0.3) is 0 Å². The van der Waals surface area contributed by atoms with Gasteiger partial charge in [-0.3, -0.25) is 4.79 Å². The van der Waals surface area contributed by atoms with E-state index in [4.69, 9.17) is 10.5 Å². The summed E-state index contributed by atoms with van der Waals surface area (Å²) in [5.74, 6) is 0.883. The molecule has 0 radical (unpaired) electrons. The van der Waals surface area contributed by atoms with Crippen molar-refractivity contribution >= 4 is 5.91 Å². The molecule has 0 saturated heterocycles. The molecule has 0 aliphatic carbocycles. The van der Waals surface area contributed by atoms with Crippen LogP contribution in [0.4, 0.5) is 0 Å². The van der Waals surface area contributed by atoms with Gasteiger partial charge in [0.15, 0.2) is 0 Å². The Morgan fingerprint density at radius 3 is 2.35 bits per heavy atom. The van der Waals surface area contributed by atoms with Crippen molar-refractivity contribution in [3.63, 3.8) is 0 Å². The molecule has 1 atom stereocenters. The molecule has 1 unspecified atom stereocenters. The molecule has 4 heteroatoms. The zero-order chi connectivity index (χ0) is 16.7. The van der Waals surface area contributed by atoms with Crippen molar-refractivity contribution in [3.8, 4) is 5.75 Å². The first-order chi connectivity index (χ1) is 11.1. The van der Waals surface area contributed by atoms with E-state index < -0.39 is 0 Å². The number of carbonyl (C=O) groups is 1.